The first-order valence-electron chi connectivity index (χ1n) is 3.44. The summed E-state index contributed by atoms with van der Waals surface area (Å²) in [7, 11) is 0. The Labute approximate surface area is 53.7 Å². The zero-order valence-electron chi connectivity index (χ0n) is 5.25. The van der Waals surface area contributed by atoms with E-state index in [0.29, 0.717) is 0 Å². The molecule has 0 aromatic heterocycles. The van der Waals surface area contributed by atoms with E-state index >= 15 is 0 Å². The Balaban J connectivity index is 2.12. The highest BCUT2D eigenvalue weighted by molar-refractivity contribution is 5.11. The summed E-state index contributed by atoms with van der Waals surface area (Å²) in [5, 5.41) is 3.81. The average molecular weight is 123 g/mol. The first-order chi connectivity index (χ1) is 4.37. The summed E-state index contributed by atoms with van der Waals surface area (Å²) < 4.78 is 0. The van der Waals surface area contributed by atoms with E-state index in [1.54, 1.807) is 0 Å². The van der Waals surface area contributed by atoms with Gasteiger partial charge in [-0.2, -0.15) is 0 Å². The SMILES string of the molecule is [N-]=[N+]=NC1(C2CC2)CC1. The van der Waals surface area contributed by atoms with Crippen LogP contribution in [-0.4, -0.2) is 5.54 Å². The van der Waals surface area contributed by atoms with Crippen molar-refractivity contribution in [3.63, 3.8) is 0 Å². The Bertz CT molecular complexity index is 173. The maximum atomic E-state index is 8.18. The van der Waals surface area contributed by atoms with Gasteiger partial charge in [0.15, 0.2) is 0 Å². The van der Waals surface area contributed by atoms with Crippen LogP contribution in [0.25, 0.3) is 10.4 Å². The van der Waals surface area contributed by atoms with Crippen LogP contribution in [-0.2, 0) is 0 Å². The summed E-state index contributed by atoms with van der Waals surface area (Å²) in [6.07, 6.45) is 4.86. The zero-order valence-corrected chi connectivity index (χ0v) is 5.25. The van der Waals surface area contributed by atoms with Crippen LogP contribution in [0.2, 0.25) is 0 Å². The van der Waals surface area contributed by atoms with Gasteiger partial charge in [0.1, 0.15) is 0 Å². The van der Waals surface area contributed by atoms with Crippen molar-refractivity contribution in [2.24, 2.45) is 11.0 Å². The molecular weight excluding hydrogens is 114 g/mol. The lowest BCUT2D eigenvalue weighted by Crippen LogP contribution is -2.04. The van der Waals surface area contributed by atoms with Gasteiger partial charge in [-0.3, -0.25) is 0 Å². The van der Waals surface area contributed by atoms with E-state index < -0.39 is 0 Å². The second-order valence-corrected chi connectivity index (χ2v) is 3.07. The lowest BCUT2D eigenvalue weighted by molar-refractivity contribution is 0.584. The van der Waals surface area contributed by atoms with Crippen molar-refractivity contribution in [3.05, 3.63) is 10.4 Å². The normalized spacial score (nSPS) is 28.9. The lowest BCUT2D eigenvalue weighted by Gasteiger charge is -2.00. The molecule has 0 spiro atoms. The van der Waals surface area contributed by atoms with Crippen molar-refractivity contribution in [1.29, 1.82) is 0 Å². The molecule has 3 nitrogen and oxygen atoms in total. The van der Waals surface area contributed by atoms with Crippen LogP contribution in [0.5, 0.6) is 0 Å². The largest absolute Gasteiger partial charge is 0.0870 e. The zero-order chi connectivity index (χ0) is 6.32. The molecule has 9 heavy (non-hydrogen) atoms. The standard InChI is InChI=1S/C6H9N3/c7-9-8-6(3-4-6)5-1-2-5/h5H,1-4H2. The van der Waals surface area contributed by atoms with Crippen LogP contribution in [0.4, 0.5) is 0 Å². The minimum absolute atomic E-state index is 0.120. The Kier molecular flexibility index (Phi) is 0.809. The number of azide groups is 1. The van der Waals surface area contributed by atoms with Gasteiger partial charge in [0.05, 0.1) is 5.54 Å². The second kappa shape index (κ2) is 1.42. The minimum Gasteiger partial charge on any atom is -0.0870 e. The third-order valence-electron chi connectivity index (χ3n) is 2.34. The minimum atomic E-state index is 0.120. The Hall–Kier alpha value is -0.690. The van der Waals surface area contributed by atoms with Crippen LogP contribution in [0.15, 0.2) is 5.11 Å². The molecule has 2 saturated carbocycles. The average Bonchev–Trinajstić information content (AvgIpc) is 2.61. The van der Waals surface area contributed by atoms with E-state index in [0.717, 1.165) is 18.8 Å². The summed E-state index contributed by atoms with van der Waals surface area (Å²) in [4.78, 5) is 2.86. The first-order valence-corrected chi connectivity index (χ1v) is 3.44. The van der Waals surface area contributed by atoms with Crippen LogP contribution < -0.4 is 0 Å². The topological polar surface area (TPSA) is 48.8 Å². The molecule has 2 fully saturated rings. The van der Waals surface area contributed by atoms with Crippen molar-refractivity contribution in [1.82, 2.24) is 0 Å². The lowest BCUT2D eigenvalue weighted by atomic mass is 10.2. The molecule has 0 atom stereocenters. The molecular formula is C6H9N3. The molecule has 2 aliphatic rings. The Morgan fingerprint density at radius 2 is 2.11 bits per heavy atom. The van der Waals surface area contributed by atoms with E-state index in [1.807, 2.05) is 0 Å². The monoisotopic (exact) mass is 123 g/mol. The van der Waals surface area contributed by atoms with Gasteiger partial charge in [0, 0.05) is 4.91 Å². The van der Waals surface area contributed by atoms with Gasteiger partial charge in [-0.05, 0) is 37.1 Å². The van der Waals surface area contributed by atoms with Gasteiger partial charge in [-0.1, -0.05) is 5.11 Å². The molecule has 0 saturated heterocycles. The predicted molar refractivity (Wildman–Crippen MR) is 33.8 cm³/mol. The van der Waals surface area contributed by atoms with E-state index in [4.69, 9.17) is 5.53 Å². The molecule has 0 amide bonds. The van der Waals surface area contributed by atoms with E-state index in [1.165, 1.54) is 12.8 Å². The number of nitrogens with zero attached hydrogens (tertiary/aromatic N) is 3. The van der Waals surface area contributed by atoms with Crippen molar-refractivity contribution in [3.8, 4) is 0 Å². The number of rotatable bonds is 2. The molecule has 0 unspecified atom stereocenters. The highest BCUT2D eigenvalue weighted by atomic mass is 15.2. The summed E-state index contributed by atoms with van der Waals surface area (Å²) >= 11 is 0. The fourth-order valence-corrected chi connectivity index (χ4v) is 1.43. The summed E-state index contributed by atoms with van der Waals surface area (Å²) in [6, 6.07) is 0. The van der Waals surface area contributed by atoms with Gasteiger partial charge < -0.3 is 0 Å². The van der Waals surface area contributed by atoms with Gasteiger partial charge in [0.25, 0.3) is 0 Å². The molecule has 2 rings (SSSR count). The Morgan fingerprint density at radius 1 is 1.44 bits per heavy atom. The molecule has 0 aliphatic heterocycles. The van der Waals surface area contributed by atoms with Gasteiger partial charge in [-0.25, -0.2) is 0 Å². The summed E-state index contributed by atoms with van der Waals surface area (Å²) in [6.45, 7) is 0. The molecule has 0 radical (unpaired) electrons. The molecule has 0 aromatic rings. The van der Waals surface area contributed by atoms with Crippen molar-refractivity contribution >= 4 is 0 Å². The molecule has 0 aromatic carbocycles. The highest BCUT2D eigenvalue weighted by Crippen LogP contribution is 2.56. The van der Waals surface area contributed by atoms with E-state index in [9.17, 15) is 0 Å². The molecule has 3 heteroatoms. The Morgan fingerprint density at radius 3 is 2.44 bits per heavy atom. The van der Waals surface area contributed by atoms with Gasteiger partial charge >= 0.3 is 0 Å². The predicted octanol–water partition coefficient (Wildman–Crippen LogP) is 2.24. The maximum Gasteiger partial charge on any atom is 0.0516 e. The van der Waals surface area contributed by atoms with Crippen LogP contribution in [0, 0.1) is 5.92 Å². The number of hydrogen-bond donors (Lipinski definition) is 0. The van der Waals surface area contributed by atoms with E-state index in [2.05, 4.69) is 10.0 Å². The van der Waals surface area contributed by atoms with Gasteiger partial charge in [0.2, 0.25) is 0 Å². The smallest absolute Gasteiger partial charge is 0.0516 e. The van der Waals surface area contributed by atoms with Crippen LogP contribution >= 0.6 is 0 Å². The summed E-state index contributed by atoms with van der Waals surface area (Å²) in [5.41, 5.74) is 8.30. The molecule has 0 heterocycles. The maximum absolute atomic E-state index is 8.18. The first kappa shape index (κ1) is 5.12. The number of hydrogen-bond acceptors (Lipinski definition) is 1. The van der Waals surface area contributed by atoms with Crippen LogP contribution in [0.1, 0.15) is 25.7 Å². The van der Waals surface area contributed by atoms with Gasteiger partial charge in [-0.15, -0.1) is 0 Å². The summed E-state index contributed by atoms with van der Waals surface area (Å²) in [5.74, 6) is 0.758. The van der Waals surface area contributed by atoms with Crippen molar-refractivity contribution in [2.45, 2.75) is 31.2 Å². The van der Waals surface area contributed by atoms with E-state index in [-0.39, 0.29) is 5.54 Å². The molecule has 48 valence electrons. The molecule has 0 bridgehead atoms. The quantitative estimate of drug-likeness (QED) is 0.307. The fourth-order valence-electron chi connectivity index (χ4n) is 1.43. The van der Waals surface area contributed by atoms with Crippen molar-refractivity contribution < 1.29 is 0 Å². The third-order valence-corrected chi connectivity index (χ3v) is 2.34. The molecule has 2 aliphatic carbocycles. The third kappa shape index (κ3) is 0.688. The van der Waals surface area contributed by atoms with Crippen LogP contribution in [0.3, 0.4) is 0 Å². The van der Waals surface area contributed by atoms with Crippen molar-refractivity contribution in [2.75, 3.05) is 0 Å². The fraction of sp³-hybridized carbons (Fsp3) is 1.00. The highest BCUT2D eigenvalue weighted by Gasteiger charge is 2.53. The second-order valence-electron chi connectivity index (χ2n) is 3.07. The molecule has 0 N–H and O–H groups in total.